The summed E-state index contributed by atoms with van der Waals surface area (Å²) in [6, 6.07) is 0. The van der Waals surface area contributed by atoms with Gasteiger partial charge in [0.1, 0.15) is 0 Å². The molecule has 0 aromatic heterocycles. The highest BCUT2D eigenvalue weighted by Gasteiger charge is 2.38. The van der Waals surface area contributed by atoms with Crippen molar-refractivity contribution in [1.82, 2.24) is 4.90 Å². The van der Waals surface area contributed by atoms with Crippen molar-refractivity contribution in [3.8, 4) is 0 Å². The summed E-state index contributed by atoms with van der Waals surface area (Å²) >= 11 is 0. The van der Waals surface area contributed by atoms with E-state index >= 15 is 0 Å². The minimum absolute atomic E-state index is 0. The Hall–Kier alpha value is -0.280. The van der Waals surface area contributed by atoms with Crippen molar-refractivity contribution >= 4 is 18.3 Å². The standard InChI is InChI=1S/C7H14N2O.ClH/c1-7(6(8)10)4-3-5-9(7)2;/h3-5H2,1-2H3,(H2,8,10);1H. The van der Waals surface area contributed by atoms with Crippen LogP contribution in [0.5, 0.6) is 0 Å². The molecule has 1 amide bonds. The van der Waals surface area contributed by atoms with Crippen LogP contribution in [0, 0.1) is 0 Å². The van der Waals surface area contributed by atoms with Gasteiger partial charge in [-0.05, 0) is 33.4 Å². The van der Waals surface area contributed by atoms with Crippen LogP contribution < -0.4 is 5.73 Å². The fourth-order valence-electron chi connectivity index (χ4n) is 1.41. The second kappa shape index (κ2) is 3.41. The number of halogens is 1. The summed E-state index contributed by atoms with van der Waals surface area (Å²) in [6.07, 6.45) is 1.98. The third-order valence-corrected chi connectivity index (χ3v) is 2.53. The number of hydrogen-bond acceptors (Lipinski definition) is 2. The zero-order valence-corrected chi connectivity index (χ0v) is 7.78. The number of likely N-dealkylation sites (N-methyl/N-ethyl adjacent to an activating group) is 1. The third kappa shape index (κ3) is 1.65. The predicted octanol–water partition coefficient (Wildman–Crippen LogP) is 0.378. The van der Waals surface area contributed by atoms with Gasteiger partial charge in [-0.2, -0.15) is 0 Å². The molecule has 11 heavy (non-hydrogen) atoms. The SMILES string of the molecule is CN1CCCC1(C)C(N)=O.Cl. The average molecular weight is 179 g/mol. The van der Waals surface area contributed by atoms with Gasteiger partial charge in [-0.1, -0.05) is 0 Å². The number of hydrogen-bond donors (Lipinski definition) is 1. The molecular formula is C7H15ClN2O. The predicted molar refractivity (Wildman–Crippen MR) is 46.7 cm³/mol. The molecule has 1 aliphatic rings. The first-order chi connectivity index (χ1) is 4.57. The molecule has 3 nitrogen and oxygen atoms in total. The largest absolute Gasteiger partial charge is 0.368 e. The van der Waals surface area contributed by atoms with Gasteiger partial charge in [-0.25, -0.2) is 0 Å². The Labute approximate surface area is 73.3 Å². The van der Waals surface area contributed by atoms with Crippen molar-refractivity contribution in [1.29, 1.82) is 0 Å². The molecule has 1 fully saturated rings. The Balaban J connectivity index is 0.000001000. The van der Waals surface area contributed by atoms with Gasteiger partial charge in [0.25, 0.3) is 0 Å². The molecule has 0 saturated carbocycles. The lowest BCUT2D eigenvalue weighted by molar-refractivity contribution is -0.126. The molecule has 0 radical (unpaired) electrons. The second-order valence-electron chi connectivity index (χ2n) is 3.16. The normalized spacial score (nSPS) is 31.5. The Bertz CT molecular complexity index is 163. The quantitative estimate of drug-likeness (QED) is 0.631. The van der Waals surface area contributed by atoms with E-state index in [9.17, 15) is 4.79 Å². The molecule has 4 heteroatoms. The van der Waals surface area contributed by atoms with Crippen molar-refractivity contribution in [2.45, 2.75) is 25.3 Å². The van der Waals surface area contributed by atoms with Gasteiger partial charge in [-0.3, -0.25) is 9.69 Å². The molecule has 1 aliphatic heterocycles. The monoisotopic (exact) mass is 178 g/mol. The number of nitrogens with two attached hydrogens (primary N) is 1. The minimum atomic E-state index is -0.375. The second-order valence-corrected chi connectivity index (χ2v) is 3.16. The average Bonchev–Trinajstić information content (AvgIpc) is 2.15. The summed E-state index contributed by atoms with van der Waals surface area (Å²) < 4.78 is 0. The fraction of sp³-hybridized carbons (Fsp3) is 0.857. The van der Waals surface area contributed by atoms with Crippen LogP contribution in [0.15, 0.2) is 0 Å². The molecule has 1 heterocycles. The Morgan fingerprint density at radius 2 is 2.18 bits per heavy atom. The summed E-state index contributed by atoms with van der Waals surface area (Å²) in [5, 5.41) is 0. The van der Waals surface area contributed by atoms with Gasteiger partial charge in [0.15, 0.2) is 0 Å². The van der Waals surface area contributed by atoms with Crippen LogP contribution in [0.2, 0.25) is 0 Å². The highest BCUT2D eigenvalue weighted by atomic mass is 35.5. The third-order valence-electron chi connectivity index (χ3n) is 2.53. The lowest BCUT2D eigenvalue weighted by Crippen LogP contribution is -2.49. The molecule has 1 unspecified atom stereocenters. The minimum Gasteiger partial charge on any atom is -0.368 e. The summed E-state index contributed by atoms with van der Waals surface area (Å²) in [7, 11) is 1.94. The molecule has 0 bridgehead atoms. The van der Waals surface area contributed by atoms with Gasteiger partial charge in [0.2, 0.25) is 5.91 Å². The molecule has 1 rings (SSSR count). The zero-order valence-electron chi connectivity index (χ0n) is 6.96. The molecule has 66 valence electrons. The van der Waals surface area contributed by atoms with Crippen LogP contribution in [-0.4, -0.2) is 29.9 Å². The highest BCUT2D eigenvalue weighted by Crippen LogP contribution is 2.26. The molecule has 2 N–H and O–H groups in total. The Morgan fingerprint density at radius 1 is 1.64 bits per heavy atom. The number of carbonyl (C=O) groups is 1. The first kappa shape index (κ1) is 10.7. The highest BCUT2D eigenvalue weighted by molar-refractivity contribution is 5.85. The van der Waals surface area contributed by atoms with E-state index < -0.39 is 0 Å². The smallest absolute Gasteiger partial charge is 0.237 e. The van der Waals surface area contributed by atoms with Crippen LogP contribution in [0.3, 0.4) is 0 Å². The van der Waals surface area contributed by atoms with Crippen molar-refractivity contribution < 1.29 is 4.79 Å². The number of amides is 1. The topological polar surface area (TPSA) is 46.3 Å². The van der Waals surface area contributed by atoms with Gasteiger partial charge in [0.05, 0.1) is 5.54 Å². The van der Waals surface area contributed by atoms with Crippen molar-refractivity contribution in [2.75, 3.05) is 13.6 Å². The summed E-state index contributed by atoms with van der Waals surface area (Å²) in [6.45, 7) is 2.89. The molecular weight excluding hydrogens is 164 g/mol. The number of rotatable bonds is 1. The van der Waals surface area contributed by atoms with E-state index in [-0.39, 0.29) is 23.9 Å². The number of nitrogens with zero attached hydrogens (tertiary/aromatic N) is 1. The summed E-state index contributed by atoms with van der Waals surface area (Å²) in [4.78, 5) is 12.9. The van der Waals surface area contributed by atoms with Gasteiger partial charge < -0.3 is 5.73 Å². The Morgan fingerprint density at radius 3 is 2.36 bits per heavy atom. The lowest BCUT2D eigenvalue weighted by atomic mass is 9.99. The van der Waals surface area contributed by atoms with Gasteiger partial charge >= 0.3 is 0 Å². The van der Waals surface area contributed by atoms with Crippen LogP contribution >= 0.6 is 12.4 Å². The van der Waals surface area contributed by atoms with E-state index in [2.05, 4.69) is 0 Å². The van der Waals surface area contributed by atoms with E-state index in [1.807, 2.05) is 18.9 Å². The van der Waals surface area contributed by atoms with E-state index in [1.165, 1.54) is 0 Å². The fourth-order valence-corrected chi connectivity index (χ4v) is 1.41. The number of carbonyl (C=O) groups excluding carboxylic acids is 1. The van der Waals surface area contributed by atoms with E-state index in [0.717, 1.165) is 19.4 Å². The van der Waals surface area contributed by atoms with Crippen molar-refractivity contribution in [3.05, 3.63) is 0 Å². The van der Waals surface area contributed by atoms with Crippen molar-refractivity contribution in [2.24, 2.45) is 5.73 Å². The van der Waals surface area contributed by atoms with Crippen LogP contribution in [0.4, 0.5) is 0 Å². The Kier molecular flexibility index (Phi) is 3.32. The molecule has 0 spiro atoms. The van der Waals surface area contributed by atoms with Crippen LogP contribution in [-0.2, 0) is 4.79 Å². The maximum atomic E-state index is 10.9. The summed E-state index contributed by atoms with van der Waals surface area (Å²) in [5.41, 5.74) is 4.87. The van der Waals surface area contributed by atoms with Crippen LogP contribution in [0.1, 0.15) is 19.8 Å². The van der Waals surface area contributed by atoms with E-state index in [4.69, 9.17) is 5.73 Å². The summed E-state index contributed by atoms with van der Waals surface area (Å²) in [5.74, 6) is -0.201. The molecule has 1 atom stereocenters. The van der Waals surface area contributed by atoms with Crippen molar-refractivity contribution in [3.63, 3.8) is 0 Å². The maximum Gasteiger partial charge on any atom is 0.237 e. The van der Waals surface area contributed by atoms with Gasteiger partial charge in [0, 0.05) is 0 Å². The van der Waals surface area contributed by atoms with E-state index in [0.29, 0.717) is 0 Å². The first-order valence-electron chi connectivity index (χ1n) is 3.58. The van der Waals surface area contributed by atoms with Gasteiger partial charge in [-0.15, -0.1) is 12.4 Å². The molecule has 0 aromatic rings. The number of likely N-dealkylation sites (tertiary alicyclic amines) is 1. The zero-order chi connectivity index (χ0) is 7.78. The first-order valence-corrected chi connectivity index (χ1v) is 3.58. The lowest BCUT2D eigenvalue weighted by Gasteiger charge is -2.28. The molecule has 0 aromatic carbocycles. The number of primary amides is 1. The molecule has 1 saturated heterocycles. The van der Waals surface area contributed by atoms with E-state index in [1.54, 1.807) is 0 Å². The molecule has 0 aliphatic carbocycles. The maximum absolute atomic E-state index is 10.9. The van der Waals surface area contributed by atoms with Crippen LogP contribution in [0.25, 0.3) is 0 Å².